The van der Waals surface area contributed by atoms with E-state index >= 15 is 0 Å². The minimum Gasteiger partial charge on any atom is -0.368 e. The fourth-order valence-electron chi connectivity index (χ4n) is 3.62. The molecular weight excluding hydrogens is 423 g/mol. The van der Waals surface area contributed by atoms with Crippen molar-refractivity contribution in [3.8, 4) is 0 Å². The molecule has 1 aliphatic heterocycles. The van der Waals surface area contributed by atoms with Crippen LogP contribution in [0.25, 0.3) is 11.0 Å². The van der Waals surface area contributed by atoms with E-state index in [1.54, 1.807) is 6.20 Å². The molecule has 3 aromatic heterocycles. The Morgan fingerprint density at radius 2 is 1.85 bits per heavy atom. The van der Waals surface area contributed by atoms with Gasteiger partial charge in [-0.2, -0.15) is 4.98 Å². The van der Waals surface area contributed by atoms with Crippen molar-refractivity contribution in [2.75, 3.05) is 60.7 Å². The van der Waals surface area contributed by atoms with Crippen molar-refractivity contribution in [3.05, 3.63) is 48.5 Å². The summed E-state index contributed by atoms with van der Waals surface area (Å²) < 4.78 is 14.4. The van der Waals surface area contributed by atoms with Gasteiger partial charge in [-0.15, -0.1) is 0 Å². The van der Waals surface area contributed by atoms with E-state index in [0.29, 0.717) is 5.82 Å². The van der Waals surface area contributed by atoms with Crippen LogP contribution in [0.1, 0.15) is 0 Å². The molecule has 0 bridgehead atoms. The van der Waals surface area contributed by atoms with E-state index in [2.05, 4.69) is 45.8 Å². The molecule has 0 saturated carbocycles. The lowest BCUT2D eigenvalue weighted by atomic mass is 10.3. The molecule has 0 radical (unpaired) electrons. The number of H-pyrrole nitrogens is 1. The number of aromatic nitrogens is 5. The van der Waals surface area contributed by atoms with E-state index in [1.807, 2.05) is 49.3 Å². The van der Waals surface area contributed by atoms with Crippen molar-refractivity contribution in [1.82, 2.24) is 30.2 Å². The Morgan fingerprint density at radius 3 is 2.61 bits per heavy atom. The van der Waals surface area contributed by atoms with Gasteiger partial charge in [0.2, 0.25) is 11.9 Å². The fraction of sp³-hybridized carbons (Fsp3) is 0.273. The first kappa shape index (κ1) is 20.9. The standard InChI is InChI=1S/C22H25FN10/c1-32(2)22-28-17-5-3-14(11-18(17)29-22)27-21-26-13-16(23)20(31-21)30-19-6-4-15(12-25-19)33-9-7-24-8-10-33/h3-6,11-13,24H,7-10H2,1-2H3,(H,28,29)(H2,25,26,27,30,31). The number of imidazole rings is 1. The van der Waals surface area contributed by atoms with Crippen LogP contribution in [0, 0.1) is 5.82 Å². The molecule has 5 rings (SSSR count). The number of rotatable bonds is 6. The van der Waals surface area contributed by atoms with Crippen molar-refractivity contribution < 1.29 is 4.39 Å². The number of pyridine rings is 1. The minimum atomic E-state index is -0.562. The first-order valence-corrected chi connectivity index (χ1v) is 10.7. The van der Waals surface area contributed by atoms with Crippen LogP contribution in [-0.2, 0) is 0 Å². The van der Waals surface area contributed by atoms with Crippen LogP contribution in [0.5, 0.6) is 0 Å². The number of fused-ring (bicyclic) bond motifs is 1. The Labute approximate surface area is 190 Å². The van der Waals surface area contributed by atoms with Gasteiger partial charge in [-0.3, -0.25) is 0 Å². The number of nitrogens with zero attached hydrogens (tertiary/aromatic N) is 6. The molecule has 4 N–H and O–H groups in total. The van der Waals surface area contributed by atoms with Crippen molar-refractivity contribution in [2.45, 2.75) is 0 Å². The van der Waals surface area contributed by atoms with E-state index in [1.165, 1.54) is 0 Å². The van der Waals surface area contributed by atoms with E-state index in [9.17, 15) is 4.39 Å². The molecule has 4 aromatic rings. The highest BCUT2D eigenvalue weighted by molar-refractivity contribution is 5.82. The highest BCUT2D eigenvalue weighted by atomic mass is 19.1. The van der Waals surface area contributed by atoms with Gasteiger partial charge in [-0.05, 0) is 30.3 Å². The van der Waals surface area contributed by atoms with E-state index in [-0.39, 0.29) is 11.8 Å². The van der Waals surface area contributed by atoms with Gasteiger partial charge in [0.15, 0.2) is 11.6 Å². The summed E-state index contributed by atoms with van der Waals surface area (Å²) in [5.41, 5.74) is 3.52. The second kappa shape index (κ2) is 8.87. The molecule has 1 aromatic carbocycles. The number of aromatic amines is 1. The molecule has 1 fully saturated rings. The Kier molecular flexibility index (Phi) is 5.61. The SMILES string of the molecule is CN(C)c1nc2ccc(Nc3ncc(F)c(Nc4ccc(N5CCNCC5)cn4)n3)cc2[nH]1. The molecule has 0 aliphatic carbocycles. The van der Waals surface area contributed by atoms with Crippen molar-refractivity contribution in [1.29, 1.82) is 0 Å². The smallest absolute Gasteiger partial charge is 0.229 e. The molecule has 33 heavy (non-hydrogen) atoms. The van der Waals surface area contributed by atoms with E-state index in [4.69, 9.17) is 0 Å². The van der Waals surface area contributed by atoms with Crippen LogP contribution < -0.4 is 25.8 Å². The van der Waals surface area contributed by atoms with Gasteiger partial charge in [0, 0.05) is 46.0 Å². The third-order valence-corrected chi connectivity index (χ3v) is 5.37. The fourth-order valence-corrected chi connectivity index (χ4v) is 3.62. The lowest BCUT2D eigenvalue weighted by molar-refractivity contribution is 0.589. The zero-order valence-corrected chi connectivity index (χ0v) is 18.4. The van der Waals surface area contributed by atoms with Crippen LogP contribution in [-0.4, -0.2) is 65.2 Å². The van der Waals surface area contributed by atoms with Gasteiger partial charge in [0.1, 0.15) is 5.82 Å². The normalized spacial score (nSPS) is 13.8. The molecule has 1 aliphatic rings. The number of benzene rings is 1. The van der Waals surface area contributed by atoms with E-state index < -0.39 is 5.82 Å². The maximum absolute atomic E-state index is 14.4. The second-order valence-corrected chi connectivity index (χ2v) is 7.97. The third-order valence-electron chi connectivity index (χ3n) is 5.37. The van der Waals surface area contributed by atoms with Crippen molar-refractivity contribution >= 4 is 45.9 Å². The second-order valence-electron chi connectivity index (χ2n) is 7.97. The minimum absolute atomic E-state index is 0.0486. The zero-order chi connectivity index (χ0) is 22.8. The number of nitrogens with one attached hydrogen (secondary N) is 4. The molecule has 11 heteroatoms. The van der Waals surface area contributed by atoms with Gasteiger partial charge < -0.3 is 30.7 Å². The Morgan fingerprint density at radius 1 is 1.00 bits per heavy atom. The molecule has 0 amide bonds. The third kappa shape index (κ3) is 4.62. The lowest BCUT2D eigenvalue weighted by Crippen LogP contribution is -2.43. The Hall–Kier alpha value is -3.99. The average Bonchev–Trinajstić information content (AvgIpc) is 3.26. The first-order chi connectivity index (χ1) is 16.0. The van der Waals surface area contributed by atoms with Crippen molar-refractivity contribution in [2.24, 2.45) is 0 Å². The predicted molar refractivity (Wildman–Crippen MR) is 128 cm³/mol. The highest BCUT2D eigenvalue weighted by Gasteiger charge is 2.13. The predicted octanol–water partition coefficient (Wildman–Crippen LogP) is 2.85. The molecule has 10 nitrogen and oxygen atoms in total. The van der Waals surface area contributed by atoms with Gasteiger partial charge >= 0.3 is 0 Å². The summed E-state index contributed by atoms with van der Waals surface area (Å²) in [6, 6.07) is 9.47. The quantitative estimate of drug-likeness (QED) is 0.354. The monoisotopic (exact) mass is 448 g/mol. The maximum Gasteiger partial charge on any atom is 0.229 e. The summed E-state index contributed by atoms with van der Waals surface area (Å²) in [5, 5.41) is 9.39. The largest absolute Gasteiger partial charge is 0.368 e. The van der Waals surface area contributed by atoms with E-state index in [0.717, 1.165) is 60.7 Å². The first-order valence-electron chi connectivity index (χ1n) is 10.7. The lowest BCUT2D eigenvalue weighted by Gasteiger charge is -2.29. The average molecular weight is 449 g/mol. The van der Waals surface area contributed by atoms with Gasteiger partial charge in [-0.25, -0.2) is 19.3 Å². The molecule has 4 heterocycles. The topological polar surface area (TPSA) is 110 Å². The van der Waals surface area contributed by atoms with Crippen molar-refractivity contribution in [3.63, 3.8) is 0 Å². The van der Waals surface area contributed by atoms with Gasteiger partial charge in [-0.1, -0.05) is 0 Å². The summed E-state index contributed by atoms with van der Waals surface area (Å²) in [6.07, 6.45) is 2.92. The molecule has 0 spiro atoms. The van der Waals surface area contributed by atoms with Gasteiger partial charge in [0.25, 0.3) is 0 Å². The summed E-state index contributed by atoms with van der Waals surface area (Å²) >= 11 is 0. The molecule has 0 unspecified atom stereocenters. The summed E-state index contributed by atoms with van der Waals surface area (Å²) in [7, 11) is 3.84. The maximum atomic E-state index is 14.4. The molecule has 1 saturated heterocycles. The van der Waals surface area contributed by atoms with Crippen LogP contribution in [0.3, 0.4) is 0 Å². The Bertz CT molecular complexity index is 1250. The van der Waals surface area contributed by atoms with Crippen LogP contribution >= 0.6 is 0 Å². The number of hydrogen-bond donors (Lipinski definition) is 4. The summed E-state index contributed by atoms with van der Waals surface area (Å²) in [6.45, 7) is 3.77. The summed E-state index contributed by atoms with van der Waals surface area (Å²) in [4.78, 5) is 24.7. The Balaban J connectivity index is 1.31. The van der Waals surface area contributed by atoms with Crippen LogP contribution in [0.2, 0.25) is 0 Å². The molecule has 0 atom stereocenters. The molecular formula is C22H25FN10. The van der Waals surface area contributed by atoms with Crippen LogP contribution in [0.15, 0.2) is 42.7 Å². The number of piperazine rings is 1. The summed E-state index contributed by atoms with van der Waals surface area (Å²) in [5.74, 6) is 1.03. The zero-order valence-electron chi connectivity index (χ0n) is 18.4. The number of halogens is 1. The number of hydrogen-bond acceptors (Lipinski definition) is 9. The number of anilines is 6. The molecule has 170 valence electrons. The van der Waals surface area contributed by atoms with Gasteiger partial charge in [0.05, 0.1) is 29.1 Å². The highest BCUT2D eigenvalue weighted by Crippen LogP contribution is 2.24. The van der Waals surface area contributed by atoms with Crippen LogP contribution in [0.4, 0.5) is 39.3 Å².